The molecule has 156 valence electrons. The Hall–Kier alpha value is -2.38. The Morgan fingerprint density at radius 1 is 1.14 bits per heavy atom. The van der Waals surface area contributed by atoms with Gasteiger partial charge < -0.3 is 10.1 Å². The molecular weight excluding hydrogens is 388 g/mol. The zero-order valence-electron chi connectivity index (χ0n) is 17.1. The summed E-state index contributed by atoms with van der Waals surface area (Å²) in [6.07, 6.45) is 2.25. The van der Waals surface area contributed by atoms with E-state index in [2.05, 4.69) is 10.0 Å². The second-order valence-electron chi connectivity index (χ2n) is 7.57. The van der Waals surface area contributed by atoms with Gasteiger partial charge in [0.15, 0.2) is 0 Å². The molecule has 2 N–H and O–H groups in total. The van der Waals surface area contributed by atoms with E-state index in [0.29, 0.717) is 11.5 Å². The van der Waals surface area contributed by atoms with Gasteiger partial charge in [-0.15, -0.1) is 0 Å². The van der Waals surface area contributed by atoms with E-state index in [0.717, 1.165) is 29.7 Å². The van der Waals surface area contributed by atoms with Gasteiger partial charge >= 0.3 is 0 Å². The van der Waals surface area contributed by atoms with Gasteiger partial charge in [-0.3, -0.25) is 4.79 Å². The minimum Gasteiger partial charge on any atom is -0.497 e. The molecule has 1 unspecified atom stereocenters. The molecule has 0 bridgehead atoms. The summed E-state index contributed by atoms with van der Waals surface area (Å²) in [7, 11) is -2.02. The maximum Gasteiger partial charge on any atom is 0.240 e. The first-order valence-corrected chi connectivity index (χ1v) is 11.3. The van der Waals surface area contributed by atoms with Crippen LogP contribution in [0.5, 0.6) is 5.75 Å². The van der Waals surface area contributed by atoms with E-state index >= 15 is 0 Å². The molecule has 0 aliphatic heterocycles. The number of hydrogen-bond acceptors (Lipinski definition) is 4. The van der Waals surface area contributed by atoms with Gasteiger partial charge in [-0.1, -0.05) is 29.8 Å². The van der Waals surface area contributed by atoms with Crippen molar-refractivity contribution in [3.8, 4) is 5.75 Å². The van der Waals surface area contributed by atoms with Crippen LogP contribution in [0.2, 0.25) is 0 Å². The molecule has 1 fully saturated rings. The van der Waals surface area contributed by atoms with Crippen molar-refractivity contribution in [3.63, 3.8) is 0 Å². The molecule has 0 heterocycles. The zero-order chi connectivity index (χ0) is 21.0. The standard InChI is InChI=1S/C22H28N2O4S/c1-15-4-11-20(16(2)14-15)29(26,27)23-13-12-21(25)24-22(17-5-6-17)18-7-9-19(28-3)10-8-18/h4,7-11,14,17,22-23H,5-6,12-13H2,1-3H3,(H,24,25). The van der Waals surface area contributed by atoms with Crippen molar-refractivity contribution in [1.82, 2.24) is 10.0 Å². The number of benzene rings is 2. The van der Waals surface area contributed by atoms with Gasteiger partial charge in [0.2, 0.25) is 15.9 Å². The van der Waals surface area contributed by atoms with Crippen molar-refractivity contribution in [2.24, 2.45) is 5.92 Å². The average molecular weight is 417 g/mol. The Labute approximate surface area is 172 Å². The zero-order valence-corrected chi connectivity index (χ0v) is 17.9. The first-order chi connectivity index (χ1) is 13.8. The smallest absolute Gasteiger partial charge is 0.240 e. The van der Waals surface area contributed by atoms with Gasteiger partial charge in [0.1, 0.15) is 5.75 Å². The topological polar surface area (TPSA) is 84.5 Å². The summed E-state index contributed by atoms with van der Waals surface area (Å²) in [4.78, 5) is 12.7. The normalized spacial score (nSPS) is 15.0. The van der Waals surface area contributed by atoms with Crippen LogP contribution in [0.15, 0.2) is 47.4 Å². The number of ether oxygens (including phenoxy) is 1. The highest BCUT2D eigenvalue weighted by Crippen LogP contribution is 2.41. The summed E-state index contributed by atoms with van der Waals surface area (Å²) in [5.74, 6) is 1.04. The monoisotopic (exact) mass is 416 g/mol. The van der Waals surface area contributed by atoms with E-state index in [1.165, 1.54) is 0 Å². The Kier molecular flexibility index (Phi) is 6.59. The number of sulfonamides is 1. The second-order valence-corrected chi connectivity index (χ2v) is 9.31. The van der Waals surface area contributed by atoms with Crippen molar-refractivity contribution in [2.75, 3.05) is 13.7 Å². The predicted molar refractivity (Wildman–Crippen MR) is 112 cm³/mol. The molecule has 2 aromatic rings. The van der Waals surface area contributed by atoms with Crippen LogP contribution in [-0.4, -0.2) is 28.0 Å². The third kappa shape index (κ3) is 5.58. The molecule has 1 amide bonds. The molecule has 1 aliphatic rings. The van der Waals surface area contributed by atoms with Crippen LogP contribution in [0, 0.1) is 19.8 Å². The quantitative estimate of drug-likeness (QED) is 0.657. The lowest BCUT2D eigenvalue weighted by Gasteiger charge is -2.19. The van der Waals surface area contributed by atoms with Crippen LogP contribution in [0.1, 0.15) is 42.0 Å². The Morgan fingerprint density at radius 3 is 2.41 bits per heavy atom. The SMILES string of the molecule is COc1ccc(C(NC(=O)CCNS(=O)(=O)c2ccc(C)cc2C)C2CC2)cc1. The van der Waals surface area contributed by atoms with Crippen molar-refractivity contribution in [1.29, 1.82) is 0 Å². The van der Waals surface area contributed by atoms with Gasteiger partial charge in [0.05, 0.1) is 18.0 Å². The summed E-state index contributed by atoms with van der Waals surface area (Å²) in [5.41, 5.74) is 2.73. The Morgan fingerprint density at radius 2 is 1.83 bits per heavy atom. The van der Waals surface area contributed by atoms with Gasteiger partial charge in [-0.2, -0.15) is 0 Å². The number of carbonyl (C=O) groups excluding carboxylic acids is 1. The number of hydrogen-bond donors (Lipinski definition) is 2. The summed E-state index contributed by atoms with van der Waals surface area (Å²) in [5, 5.41) is 3.06. The Balaban J connectivity index is 1.56. The van der Waals surface area contributed by atoms with E-state index in [-0.39, 0.29) is 29.8 Å². The van der Waals surface area contributed by atoms with Crippen LogP contribution >= 0.6 is 0 Å². The average Bonchev–Trinajstić information content (AvgIpc) is 3.51. The lowest BCUT2D eigenvalue weighted by molar-refractivity contribution is -0.121. The van der Waals surface area contributed by atoms with Crippen LogP contribution in [-0.2, 0) is 14.8 Å². The van der Waals surface area contributed by atoms with E-state index < -0.39 is 10.0 Å². The fourth-order valence-electron chi connectivity index (χ4n) is 3.44. The molecule has 3 rings (SSSR count). The number of amides is 1. The summed E-state index contributed by atoms with van der Waals surface area (Å²) in [6, 6.07) is 12.8. The largest absolute Gasteiger partial charge is 0.497 e. The Bertz CT molecular complexity index is 967. The second kappa shape index (κ2) is 8.97. The van der Waals surface area contributed by atoms with Crippen molar-refractivity contribution in [2.45, 2.75) is 44.0 Å². The third-order valence-electron chi connectivity index (χ3n) is 5.15. The van der Waals surface area contributed by atoms with Gasteiger partial charge in [0, 0.05) is 13.0 Å². The number of nitrogens with one attached hydrogen (secondary N) is 2. The van der Waals surface area contributed by atoms with Gasteiger partial charge in [-0.05, 0) is 61.9 Å². The highest BCUT2D eigenvalue weighted by atomic mass is 32.2. The van der Waals surface area contributed by atoms with Crippen LogP contribution in [0.3, 0.4) is 0 Å². The fraction of sp³-hybridized carbons (Fsp3) is 0.409. The highest BCUT2D eigenvalue weighted by Gasteiger charge is 2.33. The lowest BCUT2D eigenvalue weighted by Crippen LogP contribution is -2.33. The molecule has 0 radical (unpaired) electrons. The maximum atomic E-state index is 12.5. The molecule has 1 saturated carbocycles. The predicted octanol–water partition coefficient (Wildman–Crippen LogP) is 3.25. The van der Waals surface area contributed by atoms with Crippen LogP contribution in [0.4, 0.5) is 0 Å². The number of aryl methyl sites for hydroxylation is 2. The number of rotatable bonds is 9. The van der Waals surface area contributed by atoms with Crippen molar-refractivity contribution < 1.29 is 17.9 Å². The van der Waals surface area contributed by atoms with E-state index in [1.54, 1.807) is 26.2 Å². The molecule has 7 heteroatoms. The summed E-state index contributed by atoms with van der Waals surface area (Å²) >= 11 is 0. The lowest BCUT2D eigenvalue weighted by atomic mass is 10.0. The fourth-order valence-corrected chi connectivity index (χ4v) is 4.69. The molecule has 0 saturated heterocycles. The highest BCUT2D eigenvalue weighted by molar-refractivity contribution is 7.89. The number of carbonyl (C=O) groups is 1. The molecule has 1 atom stereocenters. The first kappa shape index (κ1) is 21.3. The summed E-state index contributed by atoms with van der Waals surface area (Å²) < 4.78 is 32.8. The molecular formula is C22H28N2O4S. The molecule has 29 heavy (non-hydrogen) atoms. The third-order valence-corrected chi connectivity index (χ3v) is 6.77. The van der Waals surface area contributed by atoms with Crippen LogP contribution < -0.4 is 14.8 Å². The molecule has 0 aromatic heterocycles. The maximum absolute atomic E-state index is 12.5. The first-order valence-electron chi connectivity index (χ1n) is 9.80. The minimum atomic E-state index is -3.64. The molecule has 0 spiro atoms. The summed E-state index contributed by atoms with van der Waals surface area (Å²) in [6.45, 7) is 3.74. The van der Waals surface area contributed by atoms with Crippen LogP contribution in [0.25, 0.3) is 0 Å². The van der Waals surface area contributed by atoms with Crippen molar-refractivity contribution >= 4 is 15.9 Å². The van der Waals surface area contributed by atoms with Gasteiger partial charge in [0.25, 0.3) is 0 Å². The van der Waals surface area contributed by atoms with E-state index in [4.69, 9.17) is 4.74 Å². The van der Waals surface area contributed by atoms with Crippen molar-refractivity contribution in [3.05, 3.63) is 59.2 Å². The minimum absolute atomic E-state index is 0.0515. The molecule has 2 aromatic carbocycles. The van der Waals surface area contributed by atoms with E-state index in [1.807, 2.05) is 37.3 Å². The van der Waals surface area contributed by atoms with Gasteiger partial charge in [-0.25, -0.2) is 13.1 Å². The molecule has 6 nitrogen and oxygen atoms in total. The molecule has 1 aliphatic carbocycles. The van der Waals surface area contributed by atoms with E-state index in [9.17, 15) is 13.2 Å². The number of methoxy groups -OCH3 is 1.